The first-order valence-corrected chi connectivity index (χ1v) is 8.46. The van der Waals surface area contributed by atoms with Crippen LogP contribution >= 0.6 is 0 Å². The number of rotatable bonds is 5. The lowest BCUT2D eigenvalue weighted by Gasteiger charge is -2.36. The lowest BCUT2D eigenvalue weighted by Crippen LogP contribution is -2.61. The molecule has 3 aliphatic rings. The molecule has 0 aromatic heterocycles. The summed E-state index contributed by atoms with van der Waals surface area (Å²) in [6.45, 7) is 5.04. The molecule has 6 nitrogen and oxygen atoms in total. The number of hydrogen-bond acceptors (Lipinski definition) is 4. The van der Waals surface area contributed by atoms with Crippen LogP contribution in [0.15, 0.2) is 9.98 Å². The maximum atomic E-state index is 12.6. The number of hydrogen-bond donors (Lipinski definition) is 0. The molecule has 120 valence electrons. The molecule has 3 rings (SSSR count). The largest absolute Gasteiger partial charge is 0.332 e. The van der Waals surface area contributed by atoms with Crippen LogP contribution < -0.4 is 0 Å². The van der Waals surface area contributed by atoms with E-state index in [1.54, 1.807) is 4.90 Å². The van der Waals surface area contributed by atoms with Crippen LogP contribution in [0.2, 0.25) is 0 Å². The van der Waals surface area contributed by atoms with Crippen LogP contribution in [-0.4, -0.2) is 52.5 Å². The average molecular weight is 304 g/mol. The van der Waals surface area contributed by atoms with E-state index in [2.05, 4.69) is 9.98 Å². The van der Waals surface area contributed by atoms with Gasteiger partial charge in [-0.05, 0) is 25.7 Å². The number of carbonyl (C=O) groups excluding carboxylic acids is 2. The first kappa shape index (κ1) is 15.2. The maximum absolute atomic E-state index is 12.6. The van der Waals surface area contributed by atoms with E-state index >= 15 is 0 Å². The summed E-state index contributed by atoms with van der Waals surface area (Å²) in [6.07, 6.45) is 6.19. The zero-order chi connectivity index (χ0) is 15.7. The first-order chi connectivity index (χ1) is 10.7. The molecule has 1 aliphatic carbocycles. The standard InChI is InChI=1S/C16H24N4O2/c1-3-9-19-14-12(15(21)20(10-4-2)16(19)22)17-13(18-14)11-7-5-6-8-11/h11-12H,3-10H2,1-2H3. The molecule has 1 saturated carbocycles. The molecule has 22 heavy (non-hydrogen) atoms. The summed E-state index contributed by atoms with van der Waals surface area (Å²) in [6, 6.07) is -0.821. The van der Waals surface area contributed by atoms with Crippen molar-refractivity contribution in [3.05, 3.63) is 0 Å². The van der Waals surface area contributed by atoms with Gasteiger partial charge < -0.3 is 0 Å². The summed E-state index contributed by atoms with van der Waals surface area (Å²) >= 11 is 0. The molecule has 1 unspecified atom stereocenters. The zero-order valence-corrected chi connectivity index (χ0v) is 13.4. The number of imide groups is 1. The minimum absolute atomic E-state index is 0.203. The predicted octanol–water partition coefficient (Wildman–Crippen LogP) is 2.44. The number of urea groups is 1. The van der Waals surface area contributed by atoms with Crippen molar-refractivity contribution in [2.75, 3.05) is 13.1 Å². The van der Waals surface area contributed by atoms with Crippen LogP contribution in [0.25, 0.3) is 0 Å². The van der Waals surface area contributed by atoms with Crippen molar-refractivity contribution in [3.63, 3.8) is 0 Å². The molecule has 0 N–H and O–H groups in total. The van der Waals surface area contributed by atoms with E-state index in [1.165, 1.54) is 17.7 Å². The Bertz CT molecular complexity index is 534. The Balaban J connectivity index is 1.91. The minimum atomic E-state index is -0.591. The molecule has 0 aromatic carbocycles. The fourth-order valence-corrected chi connectivity index (χ4v) is 3.50. The Morgan fingerprint density at radius 3 is 2.32 bits per heavy atom. The molecule has 0 radical (unpaired) electrons. The number of fused-ring (bicyclic) bond motifs is 1. The Labute approximate surface area is 131 Å². The fourth-order valence-electron chi connectivity index (χ4n) is 3.50. The molecule has 0 spiro atoms. The third-order valence-corrected chi connectivity index (χ3v) is 4.59. The smallest absolute Gasteiger partial charge is 0.279 e. The van der Waals surface area contributed by atoms with Crippen LogP contribution in [0.1, 0.15) is 52.4 Å². The normalized spacial score (nSPS) is 25.6. The van der Waals surface area contributed by atoms with E-state index in [0.29, 0.717) is 24.8 Å². The van der Waals surface area contributed by atoms with Crippen LogP contribution in [0.5, 0.6) is 0 Å². The van der Waals surface area contributed by atoms with Crippen molar-refractivity contribution in [1.29, 1.82) is 0 Å². The second kappa shape index (κ2) is 6.18. The quantitative estimate of drug-likeness (QED) is 0.783. The van der Waals surface area contributed by atoms with Crippen molar-refractivity contribution in [2.45, 2.75) is 58.4 Å². The monoisotopic (exact) mass is 304 g/mol. The highest BCUT2D eigenvalue weighted by Gasteiger charge is 2.46. The molecule has 2 fully saturated rings. The third kappa shape index (κ3) is 2.44. The average Bonchev–Trinajstić information content (AvgIpc) is 3.16. The zero-order valence-electron chi connectivity index (χ0n) is 13.4. The van der Waals surface area contributed by atoms with Gasteiger partial charge in [0, 0.05) is 19.0 Å². The Kier molecular flexibility index (Phi) is 4.27. The molecule has 0 bridgehead atoms. The van der Waals surface area contributed by atoms with Gasteiger partial charge in [-0.1, -0.05) is 26.7 Å². The highest BCUT2D eigenvalue weighted by Crippen LogP contribution is 2.31. The van der Waals surface area contributed by atoms with Gasteiger partial charge in [-0.3, -0.25) is 14.6 Å². The van der Waals surface area contributed by atoms with Gasteiger partial charge >= 0.3 is 6.03 Å². The van der Waals surface area contributed by atoms with Gasteiger partial charge in [0.25, 0.3) is 5.91 Å². The van der Waals surface area contributed by atoms with Gasteiger partial charge in [-0.15, -0.1) is 0 Å². The van der Waals surface area contributed by atoms with Gasteiger partial charge in [-0.25, -0.2) is 14.8 Å². The summed E-state index contributed by atoms with van der Waals surface area (Å²) in [7, 11) is 0. The molecule has 6 heteroatoms. The van der Waals surface area contributed by atoms with Gasteiger partial charge in [-0.2, -0.15) is 0 Å². The van der Waals surface area contributed by atoms with E-state index in [9.17, 15) is 9.59 Å². The van der Waals surface area contributed by atoms with E-state index < -0.39 is 6.04 Å². The lowest BCUT2D eigenvalue weighted by molar-refractivity contribution is -0.129. The topological polar surface area (TPSA) is 65.3 Å². The Morgan fingerprint density at radius 1 is 1.05 bits per heavy atom. The van der Waals surface area contributed by atoms with Crippen molar-refractivity contribution in [1.82, 2.24) is 9.80 Å². The summed E-state index contributed by atoms with van der Waals surface area (Å²) in [5.41, 5.74) is 0. The molecule has 2 aliphatic heterocycles. The summed E-state index contributed by atoms with van der Waals surface area (Å²) in [5.74, 6) is 1.51. The van der Waals surface area contributed by atoms with E-state index in [4.69, 9.17) is 0 Å². The Morgan fingerprint density at radius 2 is 1.68 bits per heavy atom. The van der Waals surface area contributed by atoms with Crippen LogP contribution in [-0.2, 0) is 4.79 Å². The van der Waals surface area contributed by atoms with Crippen molar-refractivity contribution < 1.29 is 9.59 Å². The molecule has 2 heterocycles. The van der Waals surface area contributed by atoms with Crippen molar-refractivity contribution in [3.8, 4) is 0 Å². The molecule has 3 amide bonds. The molecule has 0 aromatic rings. The number of carbonyl (C=O) groups is 2. The minimum Gasteiger partial charge on any atom is -0.279 e. The fraction of sp³-hybridized carbons (Fsp3) is 0.750. The summed E-state index contributed by atoms with van der Waals surface area (Å²) in [5, 5.41) is 0. The molecule has 1 saturated heterocycles. The summed E-state index contributed by atoms with van der Waals surface area (Å²) in [4.78, 5) is 37.4. The number of nitrogens with zero attached hydrogens (tertiary/aromatic N) is 4. The van der Waals surface area contributed by atoms with E-state index in [0.717, 1.165) is 31.5 Å². The second-order valence-corrected chi connectivity index (χ2v) is 6.27. The number of amides is 3. The highest BCUT2D eigenvalue weighted by molar-refractivity contribution is 6.25. The van der Waals surface area contributed by atoms with Crippen molar-refractivity contribution in [2.24, 2.45) is 15.9 Å². The SMILES string of the molecule is CCCN1C(=O)C2N=C(C3CCCC3)N=C2N(CCC)C1=O. The maximum Gasteiger partial charge on any atom is 0.332 e. The van der Waals surface area contributed by atoms with Gasteiger partial charge in [0.15, 0.2) is 6.04 Å². The highest BCUT2D eigenvalue weighted by atomic mass is 16.2. The van der Waals surface area contributed by atoms with E-state index in [-0.39, 0.29) is 11.9 Å². The third-order valence-electron chi connectivity index (χ3n) is 4.59. The Hall–Kier alpha value is -1.72. The van der Waals surface area contributed by atoms with Gasteiger partial charge in [0.05, 0.1) is 0 Å². The van der Waals surface area contributed by atoms with Gasteiger partial charge in [0.2, 0.25) is 0 Å². The van der Waals surface area contributed by atoms with Crippen LogP contribution in [0.4, 0.5) is 4.79 Å². The molecule has 1 atom stereocenters. The lowest BCUT2D eigenvalue weighted by atomic mass is 10.1. The van der Waals surface area contributed by atoms with Gasteiger partial charge in [0.1, 0.15) is 11.7 Å². The summed E-state index contributed by atoms with van der Waals surface area (Å²) < 4.78 is 0. The van der Waals surface area contributed by atoms with Crippen LogP contribution in [0.3, 0.4) is 0 Å². The van der Waals surface area contributed by atoms with Crippen molar-refractivity contribution >= 4 is 23.6 Å². The molecular formula is C16H24N4O2. The number of aliphatic imine (C=N–C) groups is 2. The van der Waals surface area contributed by atoms with E-state index in [1.807, 2.05) is 13.8 Å². The number of amidine groups is 2. The predicted molar refractivity (Wildman–Crippen MR) is 85.0 cm³/mol. The second-order valence-electron chi connectivity index (χ2n) is 6.27. The first-order valence-electron chi connectivity index (χ1n) is 8.46. The molecular weight excluding hydrogens is 280 g/mol. The van der Waals surface area contributed by atoms with Crippen LogP contribution in [0, 0.1) is 5.92 Å².